The Morgan fingerprint density at radius 1 is 1.25 bits per heavy atom. The van der Waals surface area contributed by atoms with Crippen molar-refractivity contribution in [2.24, 2.45) is 10.9 Å². The molecule has 1 saturated heterocycles. The van der Waals surface area contributed by atoms with Gasteiger partial charge in [-0.15, -0.1) is 24.0 Å². The average molecular weight is 392 g/mol. The number of halogens is 1. The summed E-state index contributed by atoms with van der Waals surface area (Å²) in [7, 11) is 1.85. The van der Waals surface area contributed by atoms with E-state index < -0.39 is 0 Å². The van der Waals surface area contributed by atoms with Crippen LogP contribution in [0.25, 0.3) is 0 Å². The van der Waals surface area contributed by atoms with Crippen molar-refractivity contribution < 1.29 is 0 Å². The van der Waals surface area contributed by atoms with Gasteiger partial charge in [-0.05, 0) is 44.7 Å². The van der Waals surface area contributed by atoms with Crippen LogP contribution in [0.3, 0.4) is 0 Å². The van der Waals surface area contributed by atoms with Gasteiger partial charge in [-0.2, -0.15) is 0 Å². The third-order valence-electron chi connectivity index (χ3n) is 4.17. The number of hydrogen-bond donors (Lipinski definition) is 2. The summed E-state index contributed by atoms with van der Waals surface area (Å²) >= 11 is 0. The van der Waals surface area contributed by atoms with Crippen molar-refractivity contribution >= 4 is 29.9 Å². The topological polar surface area (TPSA) is 39.7 Å². The van der Waals surface area contributed by atoms with Crippen LogP contribution in [0.5, 0.6) is 0 Å². The van der Waals surface area contributed by atoms with Crippen molar-refractivity contribution in [1.82, 2.24) is 15.5 Å². The highest BCUT2D eigenvalue weighted by Crippen LogP contribution is 2.15. The van der Waals surface area contributed by atoms with Gasteiger partial charge in [0.1, 0.15) is 0 Å². The zero-order valence-corrected chi connectivity index (χ0v) is 15.1. The molecule has 2 rings (SSSR count). The molecule has 0 amide bonds. The lowest BCUT2D eigenvalue weighted by Crippen LogP contribution is -2.45. The molecule has 0 aromatic rings. The molecule has 1 aliphatic carbocycles. The second-order valence-electron chi connectivity index (χ2n) is 5.81. The fraction of sp³-hybridized carbons (Fsp3) is 0.800. The zero-order valence-electron chi connectivity index (χ0n) is 12.8. The second kappa shape index (κ2) is 9.60. The molecular weight excluding hydrogens is 363 g/mol. The van der Waals surface area contributed by atoms with Gasteiger partial charge in [-0.3, -0.25) is 4.99 Å². The SMILES string of the molecule is CN=C(NCCN1CCC(C)CC1)NC1CC=CC1.I. The van der Waals surface area contributed by atoms with Crippen LogP contribution in [0.15, 0.2) is 17.1 Å². The van der Waals surface area contributed by atoms with Gasteiger partial charge >= 0.3 is 0 Å². The van der Waals surface area contributed by atoms with Crippen LogP contribution in [-0.2, 0) is 0 Å². The number of rotatable bonds is 4. The van der Waals surface area contributed by atoms with Gasteiger partial charge in [0.15, 0.2) is 5.96 Å². The summed E-state index contributed by atoms with van der Waals surface area (Å²) in [6.45, 7) is 6.96. The molecule has 0 saturated carbocycles. The molecule has 1 aliphatic heterocycles. The molecule has 0 radical (unpaired) electrons. The normalized spacial score (nSPS) is 21.8. The van der Waals surface area contributed by atoms with E-state index >= 15 is 0 Å². The first-order chi connectivity index (χ1) is 9.28. The Bertz CT molecular complexity index is 314. The Balaban J connectivity index is 0.00000200. The van der Waals surface area contributed by atoms with Crippen molar-refractivity contribution in [3.05, 3.63) is 12.2 Å². The summed E-state index contributed by atoms with van der Waals surface area (Å²) in [5.41, 5.74) is 0. The number of hydrogen-bond acceptors (Lipinski definition) is 2. The molecule has 0 spiro atoms. The molecule has 4 nitrogen and oxygen atoms in total. The fourth-order valence-electron chi connectivity index (χ4n) is 2.74. The van der Waals surface area contributed by atoms with E-state index in [0.717, 1.165) is 37.8 Å². The molecular formula is C15H29IN4. The van der Waals surface area contributed by atoms with Gasteiger partial charge in [0.25, 0.3) is 0 Å². The molecule has 1 heterocycles. The van der Waals surface area contributed by atoms with E-state index in [1.165, 1.54) is 25.9 Å². The molecule has 0 aromatic carbocycles. The number of aliphatic imine (C=N–C) groups is 1. The van der Waals surface area contributed by atoms with Crippen molar-refractivity contribution in [2.45, 2.75) is 38.6 Å². The first-order valence-electron chi connectivity index (χ1n) is 7.62. The number of nitrogens with zero attached hydrogens (tertiary/aromatic N) is 2. The first-order valence-corrected chi connectivity index (χ1v) is 7.62. The summed E-state index contributed by atoms with van der Waals surface area (Å²) in [5.74, 6) is 1.85. The van der Waals surface area contributed by atoms with E-state index in [2.05, 4.69) is 39.6 Å². The maximum Gasteiger partial charge on any atom is 0.191 e. The van der Waals surface area contributed by atoms with E-state index in [0.29, 0.717) is 6.04 Å². The Morgan fingerprint density at radius 3 is 2.50 bits per heavy atom. The van der Waals surface area contributed by atoms with E-state index in [1.54, 1.807) is 0 Å². The lowest BCUT2D eigenvalue weighted by Gasteiger charge is -2.30. The van der Waals surface area contributed by atoms with E-state index in [4.69, 9.17) is 0 Å². The van der Waals surface area contributed by atoms with Gasteiger partial charge in [0.2, 0.25) is 0 Å². The first kappa shape index (κ1) is 17.8. The largest absolute Gasteiger partial charge is 0.355 e. The molecule has 0 bridgehead atoms. The molecule has 2 aliphatic rings. The smallest absolute Gasteiger partial charge is 0.191 e. The highest BCUT2D eigenvalue weighted by atomic mass is 127. The summed E-state index contributed by atoms with van der Waals surface area (Å²) in [6, 6.07) is 0.530. The zero-order chi connectivity index (χ0) is 13.5. The van der Waals surface area contributed by atoms with Crippen LogP contribution in [0, 0.1) is 5.92 Å². The third-order valence-corrected chi connectivity index (χ3v) is 4.17. The molecule has 1 fully saturated rings. The second-order valence-corrected chi connectivity index (χ2v) is 5.81. The van der Waals surface area contributed by atoms with E-state index in [9.17, 15) is 0 Å². The molecule has 2 N–H and O–H groups in total. The van der Waals surface area contributed by atoms with Gasteiger partial charge in [0.05, 0.1) is 0 Å². The van der Waals surface area contributed by atoms with Crippen molar-refractivity contribution in [3.63, 3.8) is 0 Å². The fourth-order valence-corrected chi connectivity index (χ4v) is 2.74. The third kappa shape index (κ3) is 5.99. The van der Waals surface area contributed by atoms with E-state index in [-0.39, 0.29) is 24.0 Å². The molecule has 116 valence electrons. The lowest BCUT2D eigenvalue weighted by atomic mass is 9.99. The monoisotopic (exact) mass is 392 g/mol. The Hall–Kier alpha value is -0.300. The van der Waals surface area contributed by atoms with Crippen LogP contribution < -0.4 is 10.6 Å². The van der Waals surface area contributed by atoms with Crippen LogP contribution in [-0.4, -0.2) is 50.1 Å². The minimum atomic E-state index is 0. The van der Waals surface area contributed by atoms with Crippen LogP contribution in [0.2, 0.25) is 0 Å². The summed E-state index contributed by atoms with van der Waals surface area (Å²) in [4.78, 5) is 6.85. The van der Waals surface area contributed by atoms with Gasteiger partial charge in [-0.1, -0.05) is 19.1 Å². The predicted octanol–water partition coefficient (Wildman–Crippen LogP) is 2.22. The Labute approximate surface area is 140 Å². The van der Waals surface area contributed by atoms with Crippen LogP contribution in [0.1, 0.15) is 32.6 Å². The Morgan fingerprint density at radius 2 is 1.90 bits per heavy atom. The van der Waals surface area contributed by atoms with Crippen molar-refractivity contribution in [1.29, 1.82) is 0 Å². The number of guanidine groups is 1. The van der Waals surface area contributed by atoms with Crippen molar-refractivity contribution in [3.8, 4) is 0 Å². The number of nitrogens with one attached hydrogen (secondary N) is 2. The molecule has 0 unspecified atom stereocenters. The minimum Gasteiger partial charge on any atom is -0.355 e. The standard InChI is InChI=1S/C15H28N4.HI/c1-13-7-10-19(11-8-13)12-9-17-15(16-2)18-14-5-3-4-6-14;/h3-4,13-14H,5-12H2,1-2H3,(H2,16,17,18);1H. The van der Waals surface area contributed by atoms with Crippen LogP contribution in [0.4, 0.5) is 0 Å². The number of likely N-dealkylation sites (tertiary alicyclic amines) is 1. The molecule has 0 aromatic heterocycles. The highest BCUT2D eigenvalue weighted by Gasteiger charge is 2.15. The maximum atomic E-state index is 4.29. The summed E-state index contributed by atoms with van der Waals surface area (Å²) in [6.07, 6.45) is 9.40. The summed E-state index contributed by atoms with van der Waals surface area (Å²) < 4.78 is 0. The van der Waals surface area contributed by atoms with Gasteiger partial charge in [-0.25, -0.2) is 0 Å². The highest BCUT2D eigenvalue weighted by molar-refractivity contribution is 14.0. The quantitative estimate of drug-likeness (QED) is 0.334. The maximum absolute atomic E-state index is 4.29. The molecule has 0 atom stereocenters. The molecule has 20 heavy (non-hydrogen) atoms. The number of piperidine rings is 1. The lowest BCUT2D eigenvalue weighted by molar-refractivity contribution is 0.195. The average Bonchev–Trinajstić information content (AvgIpc) is 2.93. The summed E-state index contributed by atoms with van der Waals surface area (Å²) in [5, 5.41) is 6.89. The minimum absolute atomic E-state index is 0. The molecule has 5 heteroatoms. The van der Waals surface area contributed by atoms with Gasteiger partial charge in [0, 0.05) is 26.2 Å². The van der Waals surface area contributed by atoms with E-state index in [1.807, 2.05) is 7.05 Å². The van der Waals surface area contributed by atoms with Crippen molar-refractivity contribution in [2.75, 3.05) is 33.2 Å². The predicted molar refractivity (Wildman–Crippen MR) is 96.9 cm³/mol. The van der Waals surface area contributed by atoms with Gasteiger partial charge < -0.3 is 15.5 Å². The van der Waals surface area contributed by atoms with Crippen LogP contribution >= 0.6 is 24.0 Å². The Kier molecular flexibility index (Phi) is 8.52.